The van der Waals surface area contributed by atoms with Gasteiger partial charge in [0.2, 0.25) is 0 Å². The minimum absolute atomic E-state index is 0.466. The van der Waals surface area contributed by atoms with Gasteiger partial charge in [-0.1, -0.05) is 20.8 Å². The van der Waals surface area contributed by atoms with E-state index >= 15 is 0 Å². The molecule has 1 N–H and O–H groups in total. The molecule has 1 saturated carbocycles. The largest absolute Gasteiger partial charge is 0.381 e. The van der Waals surface area contributed by atoms with E-state index in [2.05, 4.69) is 43.2 Å². The monoisotopic (exact) mass is 232 g/mol. The molecule has 0 aliphatic heterocycles. The summed E-state index contributed by atoms with van der Waals surface area (Å²) in [5.41, 5.74) is 2.70. The molecule has 1 fully saturated rings. The number of hydrogen-bond acceptors (Lipinski definition) is 2. The molecule has 0 spiro atoms. The summed E-state index contributed by atoms with van der Waals surface area (Å²) in [6.07, 6.45) is 5.82. The SMILES string of the molecule is Cc1ccc(NC2CC(C)CC(C)(C)C2)cn1. The summed E-state index contributed by atoms with van der Waals surface area (Å²) in [6.45, 7) is 9.15. The van der Waals surface area contributed by atoms with Crippen LogP contribution in [-0.2, 0) is 0 Å². The summed E-state index contributed by atoms with van der Waals surface area (Å²) in [5.74, 6) is 0.814. The third kappa shape index (κ3) is 3.45. The molecule has 1 aliphatic rings. The van der Waals surface area contributed by atoms with Crippen molar-refractivity contribution in [1.82, 2.24) is 4.98 Å². The van der Waals surface area contributed by atoms with Crippen LogP contribution in [0.5, 0.6) is 0 Å². The Labute approximate surface area is 105 Å². The van der Waals surface area contributed by atoms with Crippen LogP contribution >= 0.6 is 0 Å². The van der Waals surface area contributed by atoms with E-state index in [1.807, 2.05) is 13.1 Å². The van der Waals surface area contributed by atoms with Crippen molar-refractivity contribution in [2.75, 3.05) is 5.32 Å². The number of aromatic nitrogens is 1. The Kier molecular flexibility index (Phi) is 3.41. The normalized spacial score (nSPS) is 27.8. The molecule has 94 valence electrons. The number of nitrogens with one attached hydrogen (secondary N) is 1. The van der Waals surface area contributed by atoms with E-state index in [1.54, 1.807) is 0 Å². The number of anilines is 1. The van der Waals surface area contributed by atoms with E-state index < -0.39 is 0 Å². The molecule has 1 aromatic heterocycles. The average Bonchev–Trinajstić information content (AvgIpc) is 2.18. The van der Waals surface area contributed by atoms with Crippen LogP contribution in [0.4, 0.5) is 5.69 Å². The Balaban J connectivity index is 2.01. The van der Waals surface area contributed by atoms with Crippen molar-refractivity contribution in [3.05, 3.63) is 24.0 Å². The van der Waals surface area contributed by atoms with Crippen molar-refractivity contribution >= 4 is 5.69 Å². The number of aryl methyl sites for hydroxylation is 1. The molecule has 0 bridgehead atoms. The molecule has 2 unspecified atom stereocenters. The first-order chi connectivity index (χ1) is 7.94. The summed E-state index contributed by atoms with van der Waals surface area (Å²) in [4.78, 5) is 4.34. The summed E-state index contributed by atoms with van der Waals surface area (Å²) >= 11 is 0. The highest BCUT2D eigenvalue weighted by atomic mass is 14.9. The van der Waals surface area contributed by atoms with Crippen molar-refractivity contribution in [2.24, 2.45) is 11.3 Å². The molecule has 1 aromatic rings. The fraction of sp³-hybridized carbons (Fsp3) is 0.667. The molecule has 0 aromatic carbocycles. The predicted molar refractivity (Wildman–Crippen MR) is 73.2 cm³/mol. The molecule has 1 aliphatic carbocycles. The van der Waals surface area contributed by atoms with Gasteiger partial charge in [-0.15, -0.1) is 0 Å². The molecule has 0 radical (unpaired) electrons. The van der Waals surface area contributed by atoms with E-state index in [4.69, 9.17) is 0 Å². The summed E-state index contributed by atoms with van der Waals surface area (Å²) in [5, 5.41) is 3.63. The van der Waals surface area contributed by atoms with Crippen molar-refractivity contribution in [1.29, 1.82) is 0 Å². The van der Waals surface area contributed by atoms with Gasteiger partial charge in [0, 0.05) is 11.7 Å². The van der Waals surface area contributed by atoms with E-state index in [0.29, 0.717) is 11.5 Å². The minimum atomic E-state index is 0.466. The van der Waals surface area contributed by atoms with Gasteiger partial charge in [0.05, 0.1) is 11.9 Å². The minimum Gasteiger partial charge on any atom is -0.381 e. The zero-order valence-electron chi connectivity index (χ0n) is 11.5. The number of nitrogens with zero attached hydrogens (tertiary/aromatic N) is 1. The molecule has 0 saturated heterocycles. The van der Waals surface area contributed by atoms with E-state index in [1.165, 1.54) is 19.3 Å². The number of rotatable bonds is 2. The lowest BCUT2D eigenvalue weighted by Crippen LogP contribution is -2.35. The Hall–Kier alpha value is -1.05. The lowest BCUT2D eigenvalue weighted by Gasteiger charge is -2.39. The summed E-state index contributed by atoms with van der Waals surface area (Å²) in [7, 11) is 0. The standard InChI is InChI=1S/C15H24N2/c1-11-7-14(9-15(3,4)8-11)17-13-6-5-12(2)16-10-13/h5-6,10-11,14,17H,7-9H2,1-4H3. The highest BCUT2D eigenvalue weighted by Crippen LogP contribution is 2.39. The maximum atomic E-state index is 4.34. The predicted octanol–water partition coefficient (Wildman–Crippen LogP) is 4.02. The first-order valence-corrected chi connectivity index (χ1v) is 6.64. The second-order valence-corrected chi connectivity index (χ2v) is 6.44. The number of hydrogen-bond donors (Lipinski definition) is 1. The van der Waals surface area contributed by atoms with Gasteiger partial charge in [-0.2, -0.15) is 0 Å². The Morgan fingerprint density at radius 2 is 2.06 bits per heavy atom. The second-order valence-electron chi connectivity index (χ2n) is 6.44. The third-order valence-electron chi connectivity index (χ3n) is 3.67. The molecule has 2 atom stereocenters. The summed E-state index contributed by atoms with van der Waals surface area (Å²) in [6, 6.07) is 4.80. The molecule has 2 rings (SSSR count). The maximum Gasteiger partial charge on any atom is 0.0529 e. The van der Waals surface area contributed by atoms with Gasteiger partial charge in [-0.25, -0.2) is 0 Å². The van der Waals surface area contributed by atoms with Crippen LogP contribution in [0, 0.1) is 18.3 Å². The zero-order chi connectivity index (χ0) is 12.5. The Morgan fingerprint density at radius 1 is 1.29 bits per heavy atom. The maximum absolute atomic E-state index is 4.34. The van der Waals surface area contributed by atoms with Gasteiger partial charge in [0.1, 0.15) is 0 Å². The van der Waals surface area contributed by atoms with Crippen molar-refractivity contribution in [2.45, 2.75) is 53.0 Å². The van der Waals surface area contributed by atoms with E-state index in [-0.39, 0.29) is 0 Å². The molecule has 17 heavy (non-hydrogen) atoms. The highest BCUT2D eigenvalue weighted by Gasteiger charge is 2.31. The Morgan fingerprint density at radius 3 is 2.65 bits per heavy atom. The van der Waals surface area contributed by atoms with Crippen molar-refractivity contribution in [3.8, 4) is 0 Å². The van der Waals surface area contributed by atoms with Gasteiger partial charge in [0.25, 0.3) is 0 Å². The molecular formula is C15H24N2. The van der Waals surface area contributed by atoms with Gasteiger partial charge < -0.3 is 5.32 Å². The molecule has 1 heterocycles. The van der Waals surface area contributed by atoms with Crippen LogP contribution in [-0.4, -0.2) is 11.0 Å². The zero-order valence-corrected chi connectivity index (χ0v) is 11.5. The average molecular weight is 232 g/mol. The van der Waals surface area contributed by atoms with E-state index in [0.717, 1.165) is 17.3 Å². The van der Waals surface area contributed by atoms with Crippen LogP contribution in [0.1, 0.15) is 45.7 Å². The highest BCUT2D eigenvalue weighted by molar-refractivity contribution is 5.42. The Bertz CT molecular complexity index is 367. The number of pyridine rings is 1. The van der Waals surface area contributed by atoms with Crippen LogP contribution in [0.3, 0.4) is 0 Å². The van der Waals surface area contributed by atoms with Gasteiger partial charge >= 0.3 is 0 Å². The fourth-order valence-corrected chi connectivity index (χ4v) is 3.24. The lowest BCUT2D eigenvalue weighted by atomic mass is 9.70. The van der Waals surface area contributed by atoms with Crippen LogP contribution in [0.15, 0.2) is 18.3 Å². The first kappa shape index (κ1) is 12.4. The van der Waals surface area contributed by atoms with Gasteiger partial charge in [-0.05, 0) is 49.7 Å². The van der Waals surface area contributed by atoms with Crippen LogP contribution in [0.2, 0.25) is 0 Å². The summed E-state index contributed by atoms with van der Waals surface area (Å²) < 4.78 is 0. The second kappa shape index (κ2) is 4.67. The van der Waals surface area contributed by atoms with E-state index in [9.17, 15) is 0 Å². The molecular weight excluding hydrogens is 208 g/mol. The third-order valence-corrected chi connectivity index (χ3v) is 3.67. The molecule has 2 heteroatoms. The van der Waals surface area contributed by atoms with Gasteiger partial charge in [-0.3, -0.25) is 4.98 Å². The molecule has 2 nitrogen and oxygen atoms in total. The quantitative estimate of drug-likeness (QED) is 0.833. The topological polar surface area (TPSA) is 24.9 Å². The van der Waals surface area contributed by atoms with Crippen molar-refractivity contribution < 1.29 is 0 Å². The van der Waals surface area contributed by atoms with Crippen molar-refractivity contribution in [3.63, 3.8) is 0 Å². The molecule has 0 amide bonds. The smallest absolute Gasteiger partial charge is 0.0529 e. The first-order valence-electron chi connectivity index (χ1n) is 6.64. The van der Waals surface area contributed by atoms with Gasteiger partial charge in [0.15, 0.2) is 0 Å². The van der Waals surface area contributed by atoms with Crippen LogP contribution < -0.4 is 5.32 Å². The fourth-order valence-electron chi connectivity index (χ4n) is 3.24. The van der Waals surface area contributed by atoms with Crippen LogP contribution in [0.25, 0.3) is 0 Å². The lowest BCUT2D eigenvalue weighted by molar-refractivity contribution is 0.178.